The van der Waals surface area contributed by atoms with Crippen LogP contribution in [-0.4, -0.2) is 8.42 Å². The first-order valence-electron chi connectivity index (χ1n) is 4.20. The quantitative estimate of drug-likeness (QED) is 0.289. The summed E-state index contributed by atoms with van der Waals surface area (Å²) in [5, 5.41) is 3.28. The first-order chi connectivity index (χ1) is 7.33. The van der Waals surface area contributed by atoms with Crippen LogP contribution in [0.4, 0.5) is 15.3 Å². The molecule has 0 fully saturated rings. The van der Waals surface area contributed by atoms with Crippen molar-refractivity contribution in [3.63, 3.8) is 0 Å². The highest BCUT2D eigenvalue weighted by molar-refractivity contribution is 7.85. The first-order valence-corrected chi connectivity index (χ1v) is 5.75. The molecule has 0 spiro atoms. The van der Waals surface area contributed by atoms with E-state index in [-0.39, 0.29) is 16.9 Å². The van der Waals surface area contributed by atoms with E-state index < -0.39 is 16.0 Å². The number of nitrogens with two attached hydrogens (primary N) is 1. The Morgan fingerprint density at radius 1 is 1.56 bits per heavy atom. The van der Waals surface area contributed by atoms with Crippen molar-refractivity contribution in [2.45, 2.75) is 12.7 Å². The minimum Gasteiger partial charge on any atom is -0.398 e. The molecule has 0 radical (unpaired) electrons. The van der Waals surface area contributed by atoms with E-state index in [4.69, 9.17) is 11.3 Å². The average molecular weight is 244 g/mol. The molecule has 0 aliphatic carbocycles. The highest BCUT2D eigenvalue weighted by Gasteiger charge is 2.13. The molecule has 0 saturated heterocycles. The van der Waals surface area contributed by atoms with Crippen molar-refractivity contribution in [3.8, 4) is 0 Å². The first kappa shape index (κ1) is 12.3. The van der Waals surface area contributed by atoms with Crippen LogP contribution in [0.1, 0.15) is 11.1 Å². The molecule has 1 rings (SSSR count). The molecule has 0 unspecified atom stereocenters. The van der Waals surface area contributed by atoms with Gasteiger partial charge in [0.15, 0.2) is 0 Å². The van der Waals surface area contributed by atoms with Crippen molar-refractivity contribution in [1.82, 2.24) is 0 Å². The topological polar surface area (TPSA) is 109 Å². The number of nitrogens with zero attached hydrogens (tertiary/aromatic N) is 3. The maximum absolute atomic E-state index is 12.5. The van der Waals surface area contributed by atoms with Crippen LogP contribution in [0.2, 0.25) is 0 Å². The second-order valence-corrected chi connectivity index (χ2v) is 4.56. The van der Waals surface area contributed by atoms with Gasteiger partial charge in [-0.05, 0) is 35.7 Å². The molecule has 0 atom stereocenters. The van der Waals surface area contributed by atoms with E-state index in [1.807, 2.05) is 0 Å². The van der Waals surface area contributed by atoms with Gasteiger partial charge in [-0.25, -0.2) is 0 Å². The van der Waals surface area contributed by atoms with Crippen molar-refractivity contribution >= 4 is 21.6 Å². The number of hydrogen-bond donors (Lipinski definition) is 1. The molecule has 0 bridgehead atoms. The van der Waals surface area contributed by atoms with Crippen molar-refractivity contribution in [3.05, 3.63) is 33.7 Å². The SMILES string of the molecule is Cc1c(N)cc(N=[N+]=[N-])cc1CS(=O)(=O)F. The molecule has 8 heteroatoms. The summed E-state index contributed by atoms with van der Waals surface area (Å²) in [7, 11) is -4.64. The summed E-state index contributed by atoms with van der Waals surface area (Å²) >= 11 is 0. The van der Waals surface area contributed by atoms with Crippen LogP contribution in [0.15, 0.2) is 17.2 Å². The van der Waals surface area contributed by atoms with Crippen molar-refractivity contribution in [2.75, 3.05) is 5.73 Å². The van der Waals surface area contributed by atoms with E-state index in [9.17, 15) is 12.3 Å². The molecule has 0 aliphatic heterocycles. The van der Waals surface area contributed by atoms with E-state index in [2.05, 4.69) is 10.0 Å². The van der Waals surface area contributed by atoms with Gasteiger partial charge in [-0.1, -0.05) is 5.11 Å². The lowest BCUT2D eigenvalue weighted by molar-refractivity contribution is 0.551. The molecule has 0 heterocycles. The fourth-order valence-electron chi connectivity index (χ4n) is 1.23. The summed E-state index contributed by atoms with van der Waals surface area (Å²) in [6.07, 6.45) is 0. The summed E-state index contributed by atoms with van der Waals surface area (Å²) < 4.78 is 33.6. The zero-order valence-electron chi connectivity index (χ0n) is 8.38. The highest BCUT2D eigenvalue weighted by Crippen LogP contribution is 2.26. The minimum absolute atomic E-state index is 0.157. The monoisotopic (exact) mass is 244 g/mol. The molecule has 86 valence electrons. The zero-order valence-corrected chi connectivity index (χ0v) is 9.20. The lowest BCUT2D eigenvalue weighted by Gasteiger charge is -2.07. The normalized spacial score (nSPS) is 10.9. The van der Waals surface area contributed by atoms with Gasteiger partial charge in [-0.2, -0.15) is 8.42 Å². The maximum atomic E-state index is 12.5. The van der Waals surface area contributed by atoms with Crippen molar-refractivity contribution in [2.24, 2.45) is 5.11 Å². The number of rotatable bonds is 3. The van der Waals surface area contributed by atoms with E-state index in [0.29, 0.717) is 5.56 Å². The summed E-state index contributed by atoms with van der Waals surface area (Å²) in [5.41, 5.74) is 14.9. The van der Waals surface area contributed by atoms with Crippen LogP contribution >= 0.6 is 0 Å². The minimum atomic E-state index is -4.64. The van der Waals surface area contributed by atoms with E-state index in [1.54, 1.807) is 6.92 Å². The van der Waals surface area contributed by atoms with Crippen molar-refractivity contribution < 1.29 is 12.3 Å². The highest BCUT2D eigenvalue weighted by atomic mass is 32.3. The third-order valence-electron chi connectivity index (χ3n) is 2.03. The van der Waals surface area contributed by atoms with Crippen LogP contribution in [-0.2, 0) is 16.0 Å². The summed E-state index contributed by atoms with van der Waals surface area (Å²) in [6.45, 7) is 1.57. The van der Waals surface area contributed by atoms with Gasteiger partial charge in [0.25, 0.3) is 0 Å². The molecular formula is C8H9FN4O2S. The molecule has 0 aliphatic rings. The fourth-order valence-corrected chi connectivity index (χ4v) is 1.90. The lowest BCUT2D eigenvalue weighted by atomic mass is 10.1. The standard InChI is InChI=1S/C8H9FN4O2S/c1-5-6(4-16(9,14)15)2-7(12-13-11)3-8(5)10/h2-3H,4,10H2,1H3. The van der Waals surface area contributed by atoms with Gasteiger partial charge in [0.2, 0.25) is 0 Å². The molecule has 1 aromatic rings. The summed E-state index contributed by atoms with van der Waals surface area (Å²) in [6, 6.07) is 2.69. The smallest absolute Gasteiger partial charge is 0.306 e. The Hall–Kier alpha value is -1.79. The molecular weight excluding hydrogens is 235 g/mol. The van der Waals surface area contributed by atoms with Gasteiger partial charge in [-0.3, -0.25) is 0 Å². The molecule has 16 heavy (non-hydrogen) atoms. The summed E-state index contributed by atoms with van der Waals surface area (Å²) in [5.74, 6) is -0.780. The van der Waals surface area contributed by atoms with Crippen LogP contribution < -0.4 is 5.73 Å². The molecule has 1 aromatic carbocycles. The van der Waals surface area contributed by atoms with Gasteiger partial charge in [0, 0.05) is 16.3 Å². The second-order valence-electron chi connectivity index (χ2n) is 3.19. The summed E-state index contributed by atoms with van der Waals surface area (Å²) in [4.78, 5) is 2.54. The fraction of sp³-hybridized carbons (Fsp3) is 0.250. The number of hydrogen-bond acceptors (Lipinski definition) is 4. The number of halogens is 1. The molecule has 6 nitrogen and oxygen atoms in total. The largest absolute Gasteiger partial charge is 0.398 e. The number of azide groups is 1. The average Bonchev–Trinajstić information content (AvgIpc) is 2.11. The lowest BCUT2D eigenvalue weighted by Crippen LogP contribution is -2.01. The number of anilines is 1. The Labute approximate surface area is 91.7 Å². The number of nitrogen functional groups attached to an aromatic ring is 1. The van der Waals surface area contributed by atoms with E-state index >= 15 is 0 Å². The van der Waals surface area contributed by atoms with Crippen LogP contribution in [0, 0.1) is 6.92 Å². The molecule has 0 aromatic heterocycles. The van der Waals surface area contributed by atoms with E-state index in [1.165, 1.54) is 12.1 Å². The Bertz CT molecular complexity index is 564. The molecule has 0 saturated carbocycles. The van der Waals surface area contributed by atoms with Crippen LogP contribution in [0.5, 0.6) is 0 Å². The predicted octanol–water partition coefficient (Wildman–Crippen LogP) is 2.32. The van der Waals surface area contributed by atoms with Gasteiger partial charge in [-0.15, -0.1) is 3.89 Å². The Morgan fingerprint density at radius 3 is 2.69 bits per heavy atom. The predicted molar refractivity (Wildman–Crippen MR) is 58.1 cm³/mol. The van der Waals surface area contributed by atoms with Gasteiger partial charge in [0.1, 0.15) is 5.75 Å². The van der Waals surface area contributed by atoms with Crippen LogP contribution in [0.3, 0.4) is 0 Å². The maximum Gasteiger partial charge on any atom is 0.306 e. The number of benzene rings is 1. The van der Waals surface area contributed by atoms with Gasteiger partial charge in [0.05, 0.1) is 0 Å². The van der Waals surface area contributed by atoms with E-state index in [0.717, 1.165) is 0 Å². The molecule has 0 amide bonds. The Morgan fingerprint density at radius 2 is 2.19 bits per heavy atom. The third-order valence-corrected chi connectivity index (χ3v) is 2.68. The van der Waals surface area contributed by atoms with Crippen LogP contribution in [0.25, 0.3) is 10.4 Å². The third kappa shape index (κ3) is 3.11. The Kier molecular flexibility index (Phi) is 3.36. The van der Waals surface area contributed by atoms with Gasteiger partial charge >= 0.3 is 10.2 Å². The Balaban J connectivity index is 3.32. The zero-order chi connectivity index (χ0) is 12.3. The van der Waals surface area contributed by atoms with Crippen molar-refractivity contribution in [1.29, 1.82) is 0 Å². The van der Waals surface area contributed by atoms with Gasteiger partial charge < -0.3 is 5.73 Å². The second kappa shape index (κ2) is 4.38. The molecule has 2 N–H and O–H groups in total.